The van der Waals surface area contributed by atoms with Crippen molar-refractivity contribution < 1.29 is 14.3 Å². The SMILES string of the molecule is CCOC1(c2ccc(Cl)c(Cl)c2)CCCN(C(=O)OC(C)(C)C)CC1. The standard InChI is InChI=1S/C19H27Cl2NO3/c1-5-24-19(14-7-8-15(20)16(21)13-14)9-6-11-22(12-10-19)17(23)25-18(2,3)4/h7-8,13H,5-6,9-12H2,1-4H3. The highest BCUT2D eigenvalue weighted by atomic mass is 35.5. The molecule has 1 atom stereocenters. The number of carbonyl (C=O) groups excluding carboxylic acids is 1. The van der Waals surface area contributed by atoms with Crippen LogP contribution in [-0.4, -0.2) is 36.3 Å². The number of halogens is 2. The highest BCUT2D eigenvalue weighted by Gasteiger charge is 2.37. The van der Waals surface area contributed by atoms with E-state index in [0.717, 1.165) is 18.4 Å². The number of amides is 1. The Morgan fingerprint density at radius 3 is 2.52 bits per heavy atom. The van der Waals surface area contributed by atoms with E-state index in [1.54, 1.807) is 11.0 Å². The van der Waals surface area contributed by atoms with Crippen molar-refractivity contribution in [2.45, 2.75) is 58.2 Å². The van der Waals surface area contributed by atoms with Gasteiger partial charge in [-0.1, -0.05) is 29.3 Å². The fourth-order valence-corrected chi connectivity index (χ4v) is 3.49. The summed E-state index contributed by atoms with van der Waals surface area (Å²) in [7, 11) is 0. The molecule has 1 aliphatic heterocycles. The summed E-state index contributed by atoms with van der Waals surface area (Å²) < 4.78 is 11.7. The lowest BCUT2D eigenvalue weighted by molar-refractivity contribution is -0.0553. The van der Waals surface area contributed by atoms with Crippen LogP contribution in [0.25, 0.3) is 0 Å². The quantitative estimate of drug-likeness (QED) is 0.672. The predicted molar refractivity (Wildman–Crippen MR) is 101 cm³/mol. The monoisotopic (exact) mass is 387 g/mol. The van der Waals surface area contributed by atoms with Gasteiger partial charge in [0.1, 0.15) is 5.60 Å². The molecule has 0 bridgehead atoms. The van der Waals surface area contributed by atoms with E-state index in [-0.39, 0.29) is 6.09 Å². The Morgan fingerprint density at radius 2 is 1.92 bits per heavy atom. The van der Waals surface area contributed by atoms with E-state index in [0.29, 0.717) is 36.2 Å². The van der Waals surface area contributed by atoms with Gasteiger partial charge in [-0.25, -0.2) is 4.79 Å². The Kier molecular flexibility index (Phi) is 6.63. The Morgan fingerprint density at radius 1 is 1.20 bits per heavy atom. The number of ether oxygens (including phenoxy) is 2. The third-order valence-electron chi connectivity index (χ3n) is 4.31. The summed E-state index contributed by atoms with van der Waals surface area (Å²) in [5, 5.41) is 1.05. The van der Waals surface area contributed by atoms with Crippen molar-refractivity contribution in [3.63, 3.8) is 0 Å². The molecule has 0 aromatic heterocycles. The lowest BCUT2D eigenvalue weighted by Crippen LogP contribution is -2.38. The number of carbonyl (C=O) groups is 1. The summed E-state index contributed by atoms with van der Waals surface area (Å²) in [4.78, 5) is 14.2. The molecule has 0 spiro atoms. The predicted octanol–water partition coefficient (Wildman–Crippen LogP) is 5.65. The Hall–Kier alpha value is -0.970. The summed E-state index contributed by atoms with van der Waals surface area (Å²) in [6, 6.07) is 5.65. The van der Waals surface area contributed by atoms with Gasteiger partial charge in [0.15, 0.2) is 0 Å². The number of likely N-dealkylation sites (tertiary alicyclic amines) is 1. The van der Waals surface area contributed by atoms with Gasteiger partial charge in [0.05, 0.1) is 15.6 Å². The molecule has 2 rings (SSSR count). The molecule has 1 aromatic rings. The molecular weight excluding hydrogens is 361 g/mol. The van der Waals surface area contributed by atoms with Gasteiger partial charge in [0.25, 0.3) is 0 Å². The fraction of sp³-hybridized carbons (Fsp3) is 0.632. The van der Waals surface area contributed by atoms with Crippen LogP contribution in [0.1, 0.15) is 52.5 Å². The van der Waals surface area contributed by atoms with Crippen LogP contribution in [0.15, 0.2) is 18.2 Å². The molecular formula is C19H27Cl2NO3. The van der Waals surface area contributed by atoms with Crippen LogP contribution >= 0.6 is 23.2 Å². The maximum Gasteiger partial charge on any atom is 0.410 e. The van der Waals surface area contributed by atoms with Crippen molar-refractivity contribution in [3.8, 4) is 0 Å². The third-order valence-corrected chi connectivity index (χ3v) is 5.05. The minimum atomic E-state index is -0.496. The molecule has 4 nitrogen and oxygen atoms in total. The first kappa shape index (κ1) is 20.3. The van der Waals surface area contributed by atoms with Gasteiger partial charge in [-0.3, -0.25) is 0 Å². The van der Waals surface area contributed by atoms with Crippen LogP contribution in [0.3, 0.4) is 0 Å². The Bertz CT molecular complexity index is 615. The Balaban J connectivity index is 2.20. The number of rotatable bonds is 3. The van der Waals surface area contributed by atoms with E-state index in [9.17, 15) is 4.79 Å². The van der Waals surface area contributed by atoms with E-state index in [2.05, 4.69) is 0 Å². The first-order valence-corrected chi connectivity index (χ1v) is 9.50. The molecule has 0 aliphatic carbocycles. The van der Waals surface area contributed by atoms with E-state index in [1.807, 2.05) is 39.8 Å². The first-order valence-electron chi connectivity index (χ1n) is 8.74. The molecule has 1 fully saturated rings. The maximum absolute atomic E-state index is 12.4. The van der Waals surface area contributed by atoms with Crippen LogP contribution in [0.4, 0.5) is 4.79 Å². The van der Waals surface area contributed by atoms with E-state index < -0.39 is 11.2 Å². The van der Waals surface area contributed by atoms with Gasteiger partial charge >= 0.3 is 6.09 Å². The van der Waals surface area contributed by atoms with Crippen molar-refractivity contribution in [1.29, 1.82) is 0 Å². The van der Waals surface area contributed by atoms with E-state index >= 15 is 0 Å². The number of nitrogens with zero attached hydrogens (tertiary/aromatic N) is 1. The van der Waals surface area contributed by atoms with Crippen LogP contribution < -0.4 is 0 Å². The number of hydrogen-bond acceptors (Lipinski definition) is 3. The van der Waals surface area contributed by atoms with Gasteiger partial charge in [0.2, 0.25) is 0 Å². The van der Waals surface area contributed by atoms with Gasteiger partial charge in [-0.15, -0.1) is 0 Å². The molecule has 1 aromatic carbocycles. The summed E-state index contributed by atoms with van der Waals surface area (Å²) in [5.41, 5.74) is 0.0545. The number of hydrogen-bond donors (Lipinski definition) is 0. The van der Waals surface area contributed by atoms with Crippen molar-refractivity contribution in [3.05, 3.63) is 33.8 Å². The van der Waals surface area contributed by atoms with Crippen LogP contribution in [0.5, 0.6) is 0 Å². The van der Waals surface area contributed by atoms with Gasteiger partial charge in [0, 0.05) is 19.7 Å². The van der Waals surface area contributed by atoms with E-state index in [1.165, 1.54) is 0 Å². The van der Waals surface area contributed by atoms with Crippen LogP contribution in [0.2, 0.25) is 10.0 Å². The second-order valence-corrected chi connectivity index (χ2v) is 8.19. The topological polar surface area (TPSA) is 38.8 Å². The highest BCUT2D eigenvalue weighted by Crippen LogP contribution is 2.39. The second kappa shape index (κ2) is 8.15. The first-order chi connectivity index (χ1) is 11.7. The molecule has 6 heteroatoms. The molecule has 1 heterocycles. The van der Waals surface area contributed by atoms with Gasteiger partial charge < -0.3 is 14.4 Å². The van der Waals surface area contributed by atoms with Gasteiger partial charge in [-0.2, -0.15) is 0 Å². The molecule has 0 radical (unpaired) electrons. The molecule has 1 aliphatic rings. The summed E-state index contributed by atoms with van der Waals surface area (Å²) in [5.74, 6) is 0. The van der Waals surface area contributed by atoms with E-state index in [4.69, 9.17) is 32.7 Å². The van der Waals surface area contributed by atoms with Crippen molar-refractivity contribution >= 4 is 29.3 Å². The second-order valence-electron chi connectivity index (χ2n) is 7.38. The smallest absolute Gasteiger partial charge is 0.410 e. The summed E-state index contributed by atoms with van der Waals surface area (Å²) >= 11 is 12.3. The fourth-order valence-electron chi connectivity index (χ4n) is 3.19. The molecule has 1 unspecified atom stereocenters. The van der Waals surface area contributed by atoms with Crippen molar-refractivity contribution in [2.75, 3.05) is 19.7 Å². The third kappa shape index (κ3) is 5.25. The maximum atomic E-state index is 12.4. The normalized spacial score (nSPS) is 21.8. The minimum Gasteiger partial charge on any atom is -0.444 e. The molecule has 140 valence electrons. The summed E-state index contributed by atoms with van der Waals surface area (Å²) in [6.45, 7) is 9.44. The zero-order valence-corrected chi connectivity index (χ0v) is 16.9. The largest absolute Gasteiger partial charge is 0.444 e. The van der Waals surface area contributed by atoms with Gasteiger partial charge in [-0.05, 0) is 64.7 Å². The van der Waals surface area contributed by atoms with Crippen LogP contribution in [-0.2, 0) is 15.1 Å². The zero-order valence-electron chi connectivity index (χ0n) is 15.4. The van der Waals surface area contributed by atoms with Crippen molar-refractivity contribution in [1.82, 2.24) is 4.90 Å². The molecule has 25 heavy (non-hydrogen) atoms. The molecule has 1 amide bonds. The Labute approximate surface area is 160 Å². The minimum absolute atomic E-state index is 0.270. The van der Waals surface area contributed by atoms with Crippen molar-refractivity contribution in [2.24, 2.45) is 0 Å². The average Bonchev–Trinajstić information content (AvgIpc) is 2.72. The number of benzene rings is 1. The lowest BCUT2D eigenvalue weighted by Gasteiger charge is -2.33. The molecule has 1 saturated heterocycles. The molecule has 0 saturated carbocycles. The zero-order chi connectivity index (χ0) is 18.7. The summed E-state index contributed by atoms with van der Waals surface area (Å²) in [6.07, 6.45) is 2.07. The average molecular weight is 388 g/mol. The van der Waals surface area contributed by atoms with Crippen LogP contribution in [0, 0.1) is 0 Å². The lowest BCUT2D eigenvalue weighted by atomic mass is 9.86. The highest BCUT2D eigenvalue weighted by molar-refractivity contribution is 6.42. The molecule has 0 N–H and O–H groups in total.